The van der Waals surface area contributed by atoms with Crippen LogP contribution in [0.15, 0.2) is 36.5 Å². The second-order valence-electron chi connectivity index (χ2n) is 3.22. The van der Waals surface area contributed by atoms with Crippen LogP contribution >= 0.6 is 0 Å². The van der Waals surface area contributed by atoms with Gasteiger partial charge in [0.2, 0.25) is 0 Å². The third-order valence-corrected chi connectivity index (χ3v) is 2.34. The molecule has 0 fully saturated rings. The van der Waals surface area contributed by atoms with Gasteiger partial charge in [-0.2, -0.15) is 0 Å². The fourth-order valence-electron chi connectivity index (χ4n) is 1.59. The summed E-state index contributed by atoms with van der Waals surface area (Å²) in [6, 6.07) is 9.15. The van der Waals surface area contributed by atoms with Gasteiger partial charge in [-0.05, 0) is 17.7 Å². The van der Waals surface area contributed by atoms with E-state index in [4.69, 9.17) is 0 Å². The molecular weight excluding hydrogens is 206 g/mol. The Kier molecular flexibility index (Phi) is 3.85. The Morgan fingerprint density at radius 3 is 2.44 bits per heavy atom. The van der Waals surface area contributed by atoms with Crippen molar-refractivity contribution in [1.82, 2.24) is 4.98 Å². The van der Waals surface area contributed by atoms with Gasteiger partial charge < -0.3 is 15.1 Å². The molecule has 0 aliphatic heterocycles. The highest BCUT2D eigenvalue weighted by molar-refractivity contribution is 5.93. The number of hydrogen-bond donors (Lipinski definition) is 0. The number of pyridine rings is 1. The van der Waals surface area contributed by atoms with Crippen LogP contribution in [0.2, 0.25) is 0 Å². The summed E-state index contributed by atoms with van der Waals surface area (Å²) in [5.41, 5.74) is 1.51. The van der Waals surface area contributed by atoms with Crippen molar-refractivity contribution >= 4 is 23.5 Å². The smallest absolute Gasteiger partial charge is 0.134 e. The van der Waals surface area contributed by atoms with E-state index in [-0.39, 0.29) is 5.48 Å². The van der Waals surface area contributed by atoms with Crippen LogP contribution in [0.4, 0.5) is 0 Å². The number of aldehydes is 2. The average molecular weight is 217 g/mol. The zero-order chi connectivity index (χ0) is 10.7. The first-order chi connectivity index (χ1) is 7.36. The van der Waals surface area contributed by atoms with Gasteiger partial charge in [0, 0.05) is 11.6 Å². The molecule has 4 nitrogen and oxygen atoms in total. The molecule has 0 radical (unpaired) electrons. The number of carbonyl (C=O) groups is 2. The van der Waals surface area contributed by atoms with Crippen molar-refractivity contribution in [3.63, 3.8) is 0 Å². The lowest BCUT2D eigenvalue weighted by atomic mass is 9.98. The standard InChI is InChI=1S/C12H9NO2.H2O/c14-7-9(8-15)10-5-6-13-12-4-2-1-3-11(10)12;/h1-9H;1H2. The van der Waals surface area contributed by atoms with Crippen molar-refractivity contribution in [3.05, 3.63) is 42.1 Å². The molecule has 82 valence electrons. The van der Waals surface area contributed by atoms with Crippen LogP contribution in [-0.4, -0.2) is 23.0 Å². The molecule has 0 spiro atoms. The number of aromatic nitrogens is 1. The van der Waals surface area contributed by atoms with Gasteiger partial charge in [-0.1, -0.05) is 18.2 Å². The first kappa shape index (κ1) is 12.0. The first-order valence-electron chi connectivity index (χ1n) is 4.61. The molecule has 2 N–H and O–H groups in total. The van der Waals surface area contributed by atoms with Crippen molar-refractivity contribution in [2.24, 2.45) is 0 Å². The lowest BCUT2D eigenvalue weighted by Crippen LogP contribution is -2.02. The molecule has 1 aromatic heterocycles. The topological polar surface area (TPSA) is 78.5 Å². The van der Waals surface area contributed by atoms with Gasteiger partial charge in [0.25, 0.3) is 0 Å². The summed E-state index contributed by atoms with van der Waals surface area (Å²) in [5.74, 6) is -0.696. The summed E-state index contributed by atoms with van der Waals surface area (Å²) in [6.45, 7) is 0. The third kappa shape index (κ3) is 1.97. The van der Waals surface area contributed by atoms with E-state index in [2.05, 4.69) is 4.98 Å². The van der Waals surface area contributed by atoms with Gasteiger partial charge in [0.15, 0.2) is 0 Å². The fraction of sp³-hybridized carbons (Fsp3) is 0.0833. The minimum atomic E-state index is -0.696. The molecule has 1 heterocycles. The Labute approximate surface area is 92.2 Å². The SMILES string of the molecule is O.O=CC(C=O)c1ccnc2ccccc12. The summed E-state index contributed by atoms with van der Waals surface area (Å²) < 4.78 is 0. The van der Waals surface area contributed by atoms with Crippen LogP contribution < -0.4 is 0 Å². The van der Waals surface area contributed by atoms with Gasteiger partial charge >= 0.3 is 0 Å². The van der Waals surface area contributed by atoms with E-state index in [9.17, 15) is 9.59 Å². The van der Waals surface area contributed by atoms with Crippen LogP contribution in [0.25, 0.3) is 10.9 Å². The molecule has 0 aliphatic rings. The van der Waals surface area contributed by atoms with Gasteiger partial charge in [0.1, 0.15) is 12.6 Å². The number of para-hydroxylation sites is 1. The van der Waals surface area contributed by atoms with Crippen molar-refractivity contribution in [2.45, 2.75) is 5.92 Å². The molecule has 0 saturated heterocycles. The maximum atomic E-state index is 10.7. The normalized spacial score (nSPS) is 9.81. The van der Waals surface area contributed by atoms with Crippen molar-refractivity contribution < 1.29 is 15.1 Å². The monoisotopic (exact) mass is 217 g/mol. The summed E-state index contributed by atoms with van der Waals surface area (Å²) in [5, 5.41) is 0.851. The van der Waals surface area contributed by atoms with Crippen molar-refractivity contribution in [3.8, 4) is 0 Å². The van der Waals surface area contributed by atoms with E-state index in [1.165, 1.54) is 0 Å². The highest BCUT2D eigenvalue weighted by Crippen LogP contribution is 2.21. The second-order valence-corrected chi connectivity index (χ2v) is 3.22. The Morgan fingerprint density at radius 1 is 1.06 bits per heavy atom. The van der Waals surface area contributed by atoms with Gasteiger partial charge in [0.05, 0.1) is 11.4 Å². The third-order valence-electron chi connectivity index (χ3n) is 2.34. The highest BCUT2D eigenvalue weighted by atomic mass is 16.1. The Morgan fingerprint density at radius 2 is 1.75 bits per heavy atom. The summed E-state index contributed by atoms with van der Waals surface area (Å²) in [7, 11) is 0. The van der Waals surface area contributed by atoms with Crippen LogP contribution in [0.1, 0.15) is 11.5 Å². The number of hydrogen-bond acceptors (Lipinski definition) is 3. The van der Waals surface area contributed by atoms with E-state index >= 15 is 0 Å². The molecule has 0 atom stereocenters. The quantitative estimate of drug-likeness (QED) is 0.565. The number of rotatable bonds is 3. The van der Waals surface area contributed by atoms with Crippen LogP contribution in [0.5, 0.6) is 0 Å². The molecule has 4 heteroatoms. The Hall–Kier alpha value is -2.07. The molecule has 1 aromatic carbocycles. The molecule has 0 amide bonds. The number of benzene rings is 1. The predicted octanol–water partition coefficient (Wildman–Crippen LogP) is 0.891. The van der Waals surface area contributed by atoms with Gasteiger partial charge in [-0.25, -0.2) is 0 Å². The average Bonchev–Trinajstić information content (AvgIpc) is 2.31. The van der Waals surface area contributed by atoms with Crippen LogP contribution in [0, 0.1) is 0 Å². The zero-order valence-corrected chi connectivity index (χ0v) is 8.46. The highest BCUT2D eigenvalue weighted by Gasteiger charge is 2.12. The minimum absolute atomic E-state index is 0. The number of fused-ring (bicyclic) bond motifs is 1. The number of nitrogens with zero attached hydrogens (tertiary/aromatic N) is 1. The maximum Gasteiger partial charge on any atom is 0.134 e. The van der Waals surface area contributed by atoms with E-state index in [0.29, 0.717) is 18.1 Å². The van der Waals surface area contributed by atoms with Crippen LogP contribution in [-0.2, 0) is 9.59 Å². The molecule has 0 saturated carbocycles. The van der Waals surface area contributed by atoms with Crippen LogP contribution in [0.3, 0.4) is 0 Å². The molecule has 0 bridgehead atoms. The maximum absolute atomic E-state index is 10.7. The van der Waals surface area contributed by atoms with E-state index in [1.807, 2.05) is 24.3 Å². The molecule has 16 heavy (non-hydrogen) atoms. The lowest BCUT2D eigenvalue weighted by Gasteiger charge is -2.06. The molecular formula is C12H11NO3. The minimum Gasteiger partial charge on any atom is -0.412 e. The molecule has 2 rings (SSSR count). The Balaban J connectivity index is 0.00000128. The zero-order valence-electron chi connectivity index (χ0n) is 8.46. The second kappa shape index (κ2) is 5.14. The van der Waals surface area contributed by atoms with Crippen molar-refractivity contribution in [1.29, 1.82) is 0 Å². The van der Waals surface area contributed by atoms with E-state index in [1.54, 1.807) is 12.3 Å². The summed E-state index contributed by atoms with van der Waals surface area (Å²) in [4.78, 5) is 25.6. The number of carbonyl (C=O) groups excluding carboxylic acids is 2. The largest absolute Gasteiger partial charge is 0.412 e. The fourth-order valence-corrected chi connectivity index (χ4v) is 1.59. The Bertz CT molecular complexity index is 497. The predicted molar refractivity (Wildman–Crippen MR) is 60.2 cm³/mol. The molecule has 0 aliphatic carbocycles. The summed E-state index contributed by atoms with van der Waals surface area (Å²) in [6.07, 6.45) is 2.90. The van der Waals surface area contributed by atoms with E-state index in [0.717, 1.165) is 10.9 Å². The lowest BCUT2D eigenvalue weighted by molar-refractivity contribution is -0.116. The van der Waals surface area contributed by atoms with E-state index < -0.39 is 5.92 Å². The molecule has 0 unspecified atom stereocenters. The first-order valence-corrected chi connectivity index (χ1v) is 4.61. The summed E-state index contributed by atoms with van der Waals surface area (Å²) >= 11 is 0. The molecule has 2 aromatic rings. The van der Waals surface area contributed by atoms with Gasteiger partial charge in [-0.3, -0.25) is 4.98 Å². The van der Waals surface area contributed by atoms with Crippen molar-refractivity contribution in [2.75, 3.05) is 0 Å². The van der Waals surface area contributed by atoms with Gasteiger partial charge in [-0.15, -0.1) is 0 Å².